The SMILES string of the molecule is COc1ccc(NCc2n[nH]c(=S)n2-c2ccc(OC)cc2)cc1. The summed E-state index contributed by atoms with van der Waals surface area (Å²) in [6, 6.07) is 15.4. The van der Waals surface area contributed by atoms with Gasteiger partial charge in [-0.3, -0.25) is 9.67 Å². The lowest BCUT2D eigenvalue weighted by Crippen LogP contribution is -2.07. The molecular weight excluding hydrogens is 324 g/mol. The quantitative estimate of drug-likeness (QED) is 0.671. The number of hydrogen-bond acceptors (Lipinski definition) is 5. The number of H-pyrrole nitrogens is 1. The first kappa shape index (κ1) is 16.1. The zero-order valence-corrected chi connectivity index (χ0v) is 14.3. The van der Waals surface area contributed by atoms with Crippen LogP contribution in [0.1, 0.15) is 5.82 Å². The maximum atomic E-state index is 5.35. The van der Waals surface area contributed by atoms with E-state index in [9.17, 15) is 0 Å². The Morgan fingerprint density at radius 3 is 2.17 bits per heavy atom. The van der Waals surface area contributed by atoms with Gasteiger partial charge in [-0.25, -0.2) is 0 Å². The third-order valence-corrected chi connectivity index (χ3v) is 3.89. The minimum absolute atomic E-state index is 0.533. The number of aromatic nitrogens is 3. The van der Waals surface area contributed by atoms with E-state index in [1.807, 2.05) is 53.1 Å². The van der Waals surface area contributed by atoms with Gasteiger partial charge in [0.15, 0.2) is 10.6 Å². The average molecular weight is 342 g/mol. The molecule has 3 rings (SSSR count). The van der Waals surface area contributed by atoms with Crippen molar-refractivity contribution in [3.63, 3.8) is 0 Å². The third kappa shape index (κ3) is 3.41. The first-order valence-electron chi connectivity index (χ1n) is 7.40. The number of hydrogen-bond donors (Lipinski definition) is 2. The summed E-state index contributed by atoms with van der Waals surface area (Å²) in [4.78, 5) is 0. The summed E-state index contributed by atoms with van der Waals surface area (Å²) in [6.45, 7) is 0.533. The molecule has 0 saturated heterocycles. The van der Waals surface area contributed by atoms with Gasteiger partial charge in [0.25, 0.3) is 0 Å². The molecule has 0 saturated carbocycles. The van der Waals surface area contributed by atoms with Gasteiger partial charge in [0, 0.05) is 11.4 Å². The Kier molecular flexibility index (Phi) is 4.81. The molecule has 0 amide bonds. The number of aromatic amines is 1. The molecule has 1 heterocycles. The minimum atomic E-state index is 0.533. The summed E-state index contributed by atoms with van der Waals surface area (Å²) in [7, 11) is 3.29. The minimum Gasteiger partial charge on any atom is -0.497 e. The first-order valence-corrected chi connectivity index (χ1v) is 7.80. The topological polar surface area (TPSA) is 64.1 Å². The standard InChI is InChI=1S/C17H18N4O2S/c1-22-14-7-3-12(4-8-14)18-11-16-19-20-17(24)21(16)13-5-9-15(23-2)10-6-13/h3-10,18H,11H2,1-2H3,(H,20,24). The van der Waals surface area contributed by atoms with Gasteiger partial charge in [-0.15, -0.1) is 0 Å². The maximum absolute atomic E-state index is 5.35. The fourth-order valence-corrected chi connectivity index (χ4v) is 2.59. The summed E-state index contributed by atoms with van der Waals surface area (Å²) < 4.78 is 12.8. The van der Waals surface area contributed by atoms with Gasteiger partial charge < -0.3 is 14.8 Å². The van der Waals surface area contributed by atoms with Gasteiger partial charge in [0.2, 0.25) is 0 Å². The molecule has 0 aliphatic rings. The van der Waals surface area contributed by atoms with Gasteiger partial charge in [0.1, 0.15) is 11.5 Å². The Morgan fingerprint density at radius 2 is 1.58 bits per heavy atom. The summed E-state index contributed by atoms with van der Waals surface area (Å²) in [5.41, 5.74) is 1.91. The zero-order valence-electron chi connectivity index (χ0n) is 13.4. The summed E-state index contributed by atoms with van der Waals surface area (Å²) in [5, 5.41) is 10.5. The number of anilines is 1. The Balaban J connectivity index is 1.80. The number of rotatable bonds is 6. The second kappa shape index (κ2) is 7.18. The van der Waals surface area contributed by atoms with E-state index in [4.69, 9.17) is 21.7 Å². The predicted molar refractivity (Wildman–Crippen MR) is 95.6 cm³/mol. The van der Waals surface area contributed by atoms with Crippen LogP contribution in [0, 0.1) is 4.77 Å². The molecule has 3 aromatic rings. The van der Waals surface area contributed by atoms with Crippen molar-refractivity contribution in [3.8, 4) is 17.2 Å². The molecule has 0 bridgehead atoms. The predicted octanol–water partition coefficient (Wildman–Crippen LogP) is 3.56. The van der Waals surface area contributed by atoms with Crippen molar-refractivity contribution >= 4 is 17.9 Å². The lowest BCUT2D eigenvalue weighted by atomic mass is 10.3. The van der Waals surface area contributed by atoms with Gasteiger partial charge in [0.05, 0.1) is 20.8 Å². The number of ether oxygens (including phenoxy) is 2. The molecule has 0 aliphatic heterocycles. The number of nitrogens with zero attached hydrogens (tertiary/aromatic N) is 2. The van der Waals surface area contributed by atoms with Crippen LogP contribution in [-0.2, 0) is 6.54 Å². The second-order valence-corrected chi connectivity index (χ2v) is 5.45. The highest BCUT2D eigenvalue weighted by molar-refractivity contribution is 7.71. The molecule has 0 spiro atoms. The van der Waals surface area contributed by atoms with Crippen LogP contribution in [0.2, 0.25) is 0 Å². The number of methoxy groups -OCH3 is 2. The Bertz CT molecular complexity index is 854. The molecule has 6 nitrogen and oxygen atoms in total. The normalized spacial score (nSPS) is 10.4. The van der Waals surface area contributed by atoms with E-state index in [0.717, 1.165) is 28.7 Å². The fraction of sp³-hybridized carbons (Fsp3) is 0.176. The van der Waals surface area contributed by atoms with Crippen molar-refractivity contribution in [2.75, 3.05) is 19.5 Å². The molecule has 24 heavy (non-hydrogen) atoms. The molecule has 0 aliphatic carbocycles. The summed E-state index contributed by atoms with van der Waals surface area (Å²) >= 11 is 5.35. The molecule has 2 aromatic carbocycles. The van der Waals surface area contributed by atoms with E-state index in [-0.39, 0.29) is 0 Å². The Labute approximate surface area is 145 Å². The van der Waals surface area contributed by atoms with Crippen molar-refractivity contribution in [2.45, 2.75) is 6.54 Å². The van der Waals surface area contributed by atoms with Crippen LogP contribution in [0.3, 0.4) is 0 Å². The zero-order chi connectivity index (χ0) is 16.9. The van der Waals surface area contributed by atoms with E-state index < -0.39 is 0 Å². The van der Waals surface area contributed by atoms with Gasteiger partial charge in [-0.2, -0.15) is 5.10 Å². The van der Waals surface area contributed by atoms with Crippen molar-refractivity contribution in [3.05, 3.63) is 59.1 Å². The van der Waals surface area contributed by atoms with E-state index in [1.165, 1.54) is 0 Å². The van der Waals surface area contributed by atoms with Crippen LogP contribution in [-0.4, -0.2) is 29.0 Å². The van der Waals surface area contributed by atoms with Crippen molar-refractivity contribution in [2.24, 2.45) is 0 Å². The van der Waals surface area contributed by atoms with Gasteiger partial charge in [-0.05, 0) is 60.7 Å². The van der Waals surface area contributed by atoms with Gasteiger partial charge in [-0.1, -0.05) is 0 Å². The monoisotopic (exact) mass is 342 g/mol. The molecule has 0 fully saturated rings. The largest absolute Gasteiger partial charge is 0.497 e. The molecule has 124 valence electrons. The van der Waals surface area contributed by atoms with E-state index in [2.05, 4.69) is 15.5 Å². The third-order valence-electron chi connectivity index (χ3n) is 3.61. The molecule has 0 atom stereocenters. The van der Waals surface area contributed by atoms with E-state index in [1.54, 1.807) is 14.2 Å². The molecule has 0 radical (unpaired) electrons. The molecule has 0 unspecified atom stereocenters. The van der Waals surface area contributed by atoms with Crippen LogP contribution in [0.15, 0.2) is 48.5 Å². The highest BCUT2D eigenvalue weighted by Gasteiger charge is 2.08. The van der Waals surface area contributed by atoms with Crippen LogP contribution in [0.25, 0.3) is 5.69 Å². The van der Waals surface area contributed by atoms with Crippen LogP contribution >= 0.6 is 12.2 Å². The van der Waals surface area contributed by atoms with E-state index in [0.29, 0.717) is 11.3 Å². The summed E-state index contributed by atoms with van der Waals surface area (Å²) in [6.07, 6.45) is 0. The van der Waals surface area contributed by atoms with Crippen molar-refractivity contribution < 1.29 is 9.47 Å². The van der Waals surface area contributed by atoms with Gasteiger partial charge >= 0.3 is 0 Å². The fourth-order valence-electron chi connectivity index (χ4n) is 2.34. The van der Waals surface area contributed by atoms with Crippen LogP contribution in [0.5, 0.6) is 11.5 Å². The Hall–Kier alpha value is -2.80. The molecule has 1 aromatic heterocycles. The second-order valence-electron chi connectivity index (χ2n) is 5.06. The summed E-state index contributed by atoms with van der Waals surface area (Å²) in [5.74, 6) is 2.41. The highest BCUT2D eigenvalue weighted by atomic mass is 32.1. The van der Waals surface area contributed by atoms with Crippen molar-refractivity contribution in [1.82, 2.24) is 14.8 Å². The number of nitrogens with one attached hydrogen (secondary N) is 2. The van der Waals surface area contributed by atoms with Crippen LogP contribution in [0.4, 0.5) is 5.69 Å². The van der Waals surface area contributed by atoms with Crippen molar-refractivity contribution in [1.29, 1.82) is 0 Å². The lowest BCUT2D eigenvalue weighted by molar-refractivity contribution is 0.414. The smallest absolute Gasteiger partial charge is 0.199 e. The first-order chi connectivity index (χ1) is 11.7. The molecule has 7 heteroatoms. The van der Waals surface area contributed by atoms with E-state index >= 15 is 0 Å². The molecule has 2 N–H and O–H groups in total. The Morgan fingerprint density at radius 1 is 1.00 bits per heavy atom. The average Bonchev–Trinajstić information content (AvgIpc) is 3.01. The molecular formula is C17H18N4O2S. The lowest BCUT2D eigenvalue weighted by Gasteiger charge is -2.10. The highest BCUT2D eigenvalue weighted by Crippen LogP contribution is 2.18. The van der Waals surface area contributed by atoms with Crippen LogP contribution < -0.4 is 14.8 Å². The number of benzene rings is 2. The maximum Gasteiger partial charge on any atom is 0.199 e.